The van der Waals surface area contributed by atoms with Crippen LogP contribution in [-0.4, -0.2) is 151 Å². The van der Waals surface area contributed by atoms with Gasteiger partial charge in [-0.2, -0.15) is 18.9 Å². The second-order valence-corrected chi connectivity index (χ2v) is 29.7. The molecule has 0 atom stereocenters. The van der Waals surface area contributed by atoms with Gasteiger partial charge in [0.05, 0.1) is 86.3 Å². The number of nitrogens with zero attached hydrogens (tertiary/aromatic N) is 13. The number of likely N-dealkylation sites (N-methyl/N-ethyl adjacent to an activating group) is 4. The van der Waals surface area contributed by atoms with Gasteiger partial charge in [-0.05, 0) is 198 Å². The lowest BCUT2D eigenvalue weighted by molar-refractivity contribution is -0.115. The van der Waals surface area contributed by atoms with Crippen molar-refractivity contribution in [3.05, 3.63) is 301 Å². The molecule has 0 fully saturated rings. The standard InChI is InChI=1S/C23H23N3O3S.C16H16FN3.C16H17N3O.C13H17NO2.C10H13NO2.C7H7ClO2S.C3H2N2.C3H6O.FH/c1-18-5-13-22(14-6-18)30(27,28)29-16-15-26(4)21-11-9-20(10-12-21)8-7-19(2)23(17-24)25-3;1-13(16(12-18)19-2)4-5-14-6-8-15(9-7-14)20(3)11-10-17;1-13(16(12-17)18-2)4-5-14-6-8-15(9-7-14)19(3)10-11-20;1-11(16)3-4-12-5-7-13(8-6-12)14(2)9-10-15;1-11(6-7-12)10-4-2-9(8-13)3-5-10;1-6-2-4-7(5-3-6)11(8,9)10;4-2-1-3-5;1-3(2)4;/h5-14H,15-16H2,1-2,4H3;4-9H,10-11H2,1,3H3;4-9,20H,10-11H2,1,3H3;3-8,15H,9-10H2,1-2H3;2-5,8,12H,6-7H2,1H3;2-5H,1H3;1H2;1-2H3;1H/p-1/b8-7+,23-19-;2*5-4+,16-13-;4-3+;;;;;/i;17-1;;;;;;;1-1. The number of nitriles is 5. The molecular formula is C91H101ClF2N13O11S2-. The van der Waals surface area contributed by atoms with Gasteiger partial charge in [0.2, 0.25) is 0 Å². The van der Waals surface area contributed by atoms with E-state index in [1.165, 1.54) is 45.0 Å². The Hall–Kier alpha value is -13.5. The van der Waals surface area contributed by atoms with E-state index in [0.717, 1.165) is 68.1 Å². The van der Waals surface area contributed by atoms with Crippen LogP contribution in [0, 0.1) is 90.2 Å². The fraction of sp³-hybridized carbons (Fsp3) is 0.264. The third kappa shape index (κ3) is 46.3. The van der Waals surface area contributed by atoms with Crippen LogP contribution in [0.4, 0.5) is 32.8 Å². The number of alkyl halides is 1. The summed E-state index contributed by atoms with van der Waals surface area (Å²) < 4.78 is 63.3. The number of Topliss-reactive ketones (excluding diaryl/α,β-unsaturated/α-hetero) is 1. The summed E-state index contributed by atoms with van der Waals surface area (Å²) in [6, 6.07) is 60.0. The molecule has 7 aromatic carbocycles. The Balaban J connectivity index is 0. The lowest BCUT2D eigenvalue weighted by atomic mass is 10.1. The van der Waals surface area contributed by atoms with E-state index in [-0.39, 0.29) is 82.7 Å². The van der Waals surface area contributed by atoms with E-state index in [1.807, 2.05) is 219 Å². The van der Waals surface area contributed by atoms with Gasteiger partial charge in [-0.15, -0.1) is 0 Å². The zero-order valence-electron chi connectivity index (χ0n) is 69.5. The summed E-state index contributed by atoms with van der Waals surface area (Å²) in [5, 5.41) is 68.0. The van der Waals surface area contributed by atoms with Gasteiger partial charge in [-0.1, -0.05) is 126 Å². The van der Waals surface area contributed by atoms with Gasteiger partial charge in [0.25, 0.3) is 36.3 Å². The first-order valence-corrected chi connectivity index (χ1v) is 40.0. The van der Waals surface area contributed by atoms with E-state index in [1.54, 1.807) is 99.7 Å². The quantitative estimate of drug-likeness (QED) is 0.00780. The number of benzene rings is 7. The van der Waals surface area contributed by atoms with Gasteiger partial charge < -0.3 is 49.3 Å². The van der Waals surface area contributed by atoms with E-state index < -0.39 is 19.2 Å². The maximum atomic E-state index is 12.3. The Morgan fingerprint density at radius 1 is 0.442 bits per heavy atom. The highest BCUT2D eigenvalue weighted by Crippen LogP contribution is 2.22. The van der Waals surface area contributed by atoms with Gasteiger partial charge in [0, 0.05) is 113 Å². The number of anilines is 5. The average molecular weight is 1690 g/mol. The summed E-state index contributed by atoms with van der Waals surface area (Å²) in [5.41, 5.74) is 13.7. The van der Waals surface area contributed by atoms with Gasteiger partial charge in [0.1, 0.15) is 25.2 Å². The van der Waals surface area contributed by atoms with Crippen LogP contribution in [0.3, 0.4) is 0 Å². The lowest BCUT2D eigenvalue weighted by Gasteiger charge is -2.19. The number of rotatable bonds is 28. The van der Waals surface area contributed by atoms with E-state index in [2.05, 4.69) is 14.5 Å². The molecule has 29 heteroatoms. The van der Waals surface area contributed by atoms with E-state index in [4.69, 9.17) is 76.2 Å². The molecule has 120 heavy (non-hydrogen) atoms. The molecule has 0 aliphatic rings. The van der Waals surface area contributed by atoms with Gasteiger partial charge in [-0.25, -0.2) is 43.1 Å². The van der Waals surface area contributed by atoms with Crippen LogP contribution < -0.4 is 29.2 Å². The number of aldehydes is 1. The van der Waals surface area contributed by atoms with Crippen LogP contribution in [0.15, 0.2) is 238 Å². The molecule has 0 saturated carbocycles. The van der Waals surface area contributed by atoms with Crippen molar-refractivity contribution in [2.45, 2.75) is 71.6 Å². The van der Waals surface area contributed by atoms with Gasteiger partial charge in [-0.3, -0.25) is 13.8 Å². The number of carbonyl (C=O) groups excluding carboxylic acids is 3. The molecule has 0 heterocycles. The summed E-state index contributed by atoms with van der Waals surface area (Å²) in [6.45, 7) is 36.9. The highest BCUT2D eigenvalue weighted by atomic mass is 35.7. The van der Waals surface area contributed by atoms with Crippen LogP contribution in [0.1, 0.15) is 91.7 Å². The predicted octanol–water partition coefficient (Wildman–Crippen LogP) is 13.8. The molecule has 630 valence electrons. The number of ketones is 2. The van der Waals surface area contributed by atoms with E-state index >= 15 is 0 Å². The fourth-order valence-corrected chi connectivity index (χ4v) is 10.6. The van der Waals surface area contributed by atoms with Crippen molar-refractivity contribution >= 4 is 100 Å². The third-order valence-corrected chi connectivity index (χ3v) is 18.5. The highest BCUT2D eigenvalue weighted by molar-refractivity contribution is 8.13. The molecule has 7 rings (SSSR count). The molecule has 7 aromatic rings. The van der Waals surface area contributed by atoms with E-state index in [0.29, 0.717) is 55.0 Å². The molecule has 0 unspecified atom stereocenters. The largest absolute Gasteiger partial charge is 1.00 e. The molecular weight excluding hydrogens is 1590 g/mol. The third-order valence-electron chi connectivity index (χ3n) is 15.8. The monoisotopic (exact) mass is 1690 g/mol. The number of carbonyl (C=O) groups is 3. The van der Waals surface area contributed by atoms with Crippen molar-refractivity contribution in [3.63, 3.8) is 0 Å². The second-order valence-electron chi connectivity index (χ2n) is 25.5. The highest BCUT2D eigenvalue weighted by Gasteiger charge is 2.16. The Kier molecular flexibility index (Phi) is 56.0. The van der Waals surface area contributed by atoms with Crippen LogP contribution in [0.25, 0.3) is 38.8 Å². The van der Waals surface area contributed by atoms with Crippen LogP contribution >= 0.6 is 10.7 Å². The molecule has 0 spiro atoms. The number of hydrogen-bond donors (Lipinski definition) is 3. The first-order chi connectivity index (χ1) is 56.5. The van der Waals surface area contributed by atoms with Crippen molar-refractivity contribution < 1.29 is 59.8 Å². The minimum atomic E-state index is -3.77. The smallest absolute Gasteiger partial charge is 0.297 e. The summed E-state index contributed by atoms with van der Waals surface area (Å²) in [4.78, 5) is 49.9. The van der Waals surface area contributed by atoms with Crippen molar-refractivity contribution in [2.75, 3.05) is 126 Å². The minimum Gasteiger partial charge on any atom is -1.00 e. The average Bonchev–Trinajstić information content (AvgIpc) is 0.759. The number of allylic oxidation sites excluding steroid dienone is 10. The zero-order chi connectivity index (χ0) is 89.9. The number of aliphatic hydroxyl groups is 3. The fourth-order valence-electron chi connectivity index (χ4n) is 8.90. The minimum absolute atomic E-state index is 0. The molecule has 0 aliphatic heterocycles. The zero-order valence-corrected chi connectivity index (χ0v) is 71.9. The molecule has 0 saturated heterocycles. The van der Waals surface area contributed by atoms with Gasteiger partial charge in [0.15, 0.2) is 5.78 Å². The Morgan fingerprint density at radius 3 is 0.925 bits per heavy atom. The van der Waals surface area contributed by atoms with E-state index in [9.17, 15) is 35.6 Å². The molecule has 24 nitrogen and oxygen atoms in total. The normalized spacial score (nSPS) is 10.8. The Morgan fingerprint density at radius 2 is 0.700 bits per heavy atom. The van der Waals surface area contributed by atoms with Crippen molar-refractivity contribution in [1.29, 1.82) is 26.3 Å². The maximum absolute atomic E-state index is 12.3. The number of hydrogen-bond acceptors (Lipinski definition) is 21. The van der Waals surface area contributed by atoms with Crippen molar-refractivity contribution in [3.8, 4) is 30.3 Å². The Labute approximate surface area is 711 Å². The number of aliphatic hydroxyl groups excluding tert-OH is 3. The summed E-state index contributed by atoms with van der Waals surface area (Å²) >= 11 is 0. The van der Waals surface area contributed by atoms with Crippen LogP contribution in [0.2, 0.25) is 0 Å². The maximum Gasteiger partial charge on any atom is 0.297 e. The summed E-state index contributed by atoms with van der Waals surface area (Å²) in [5.74, 6) is 0.210. The second kappa shape index (κ2) is 61.9. The van der Waals surface area contributed by atoms with Crippen molar-refractivity contribution in [1.82, 2.24) is 0 Å². The van der Waals surface area contributed by atoms with Crippen LogP contribution in [0.5, 0.6) is 0 Å². The number of halogens is 3. The molecule has 0 bridgehead atoms. The van der Waals surface area contributed by atoms with Gasteiger partial charge >= 0.3 is 0 Å². The van der Waals surface area contributed by atoms with Crippen molar-refractivity contribution in [2.24, 2.45) is 0 Å². The first kappa shape index (κ1) is 109. The SMILES string of the molecule is CC(=O)/C=C/c1ccc(N(C)CCO)cc1.CC(C)=O.CN(CCO)c1ccc(C=O)cc1.Cc1ccc(S(=O)(=O)Cl)cc1.N#CCC#N.[18F-].[C-]#[N+]/C(C#N)=C(C)\C=C\c1ccc(N(C)CCO)cc1.[C-]#[N+]/C(C#N)=C(C)\C=C\c1ccc(N(C)CCOS(=O)(=O)c2ccc(C)cc2)cc1.[C-]#[N+]/C(C#N)=C(C)\C=C\c1ccc(N(C)CC[18F])cc1. The number of aryl methyl sites for hydroxylation is 2. The molecule has 0 aliphatic carbocycles. The van der Waals surface area contributed by atoms with Crippen LogP contribution in [-0.2, 0) is 32.9 Å². The molecule has 3 N–H and O–H groups in total. The lowest BCUT2D eigenvalue weighted by Crippen LogP contribution is -3.00. The summed E-state index contributed by atoms with van der Waals surface area (Å²) in [6.07, 6.45) is 14.9. The first-order valence-electron chi connectivity index (χ1n) is 36.3. The Bertz CT molecular complexity index is 4990. The molecule has 0 aromatic heterocycles. The summed E-state index contributed by atoms with van der Waals surface area (Å²) in [7, 11) is 7.20. The molecule has 0 radical (unpaired) electrons. The topological polar surface area (TPSA) is 338 Å². The predicted molar refractivity (Wildman–Crippen MR) is 473 cm³/mol. The molecule has 0 amide bonds.